The SMILES string of the molecule is CC(CCl)CS(=O)(=O)c1ncc([N+](=O)[O-])cc1C#N. The third-order valence-electron chi connectivity index (χ3n) is 2.23. The van der Waals surface area contributed by atoms with E-state index in [1.165, 1.54) is 0 Å². The Bertz CT molecular complexity index is 639. The fraction of sp³-hybridized carbons (Fsp3) is 0.400. The van der Waals surface area contributed by atoms with Gasteiger partial charge in [0.05, 0.1) is 16.2 Å². The van der Waals surface area contributed by atoms with E-state index in [4.69, 9.17) is 16.9 Å². The van der Waals surface area contributed by atoms with E-state index in [0.29, 0.717) is 0 Å². The molecule has 0 amide bonds. The van der Waals surface area contributed by atoms with Crippen molar-refractivity contribution in [3.63, 3.8) is 0 Å². The molecule has 1 aromatic rings. The van der Waals surface area contributed by atoms with Crippen LogP contribution in [0.3, 0.4) is 0 Å². The van der Waals surface area contributed by atoms with Crippen LogP contribution in [0.5, 0.6) is 0 Å². The molecule has 0 spiro atoms. The maximum atomic E-state index is 12.0. The van der Waals surface area contributed by atoms with Crippen LogP contribution >= 0.6 is 11.6 Å². The highest BCUT2D eigenvalue weighted by Crippen LogP contribution is 2.21. The van der Waals surface area contributed by atoms with Crippen molar-refractivity contribution >= 4 is 27.1 Å². The van der Waals surface area contributed by atoms with Gasteiger partial charge in [-0.05, 0) is 5.92 Å². The number of aromatic nitrogens is 1. The molecule has 1 unspecified atom stereocenters. The number of nitro groups is 1. The summed E-state index contributed by atoms with van der Waals surface area (Å²) in [7, 11) is -3.80. The summed E-state index contributed by atoms with van der Waals surface area (Å²) in [6.45, 7) is 1.64. The van der Waals surface area contributed by atoms with Gasteiger partial charge in [-0.3, -0.25) is 10.1 Å². The molecule has 7 nitrogen and oxygen atoms in total. The Morgan fingerprint density at radius 1 is 1.63 bits per heavy atom. The van der Waals surface area contributed by atoms with Gasteiger partial charge < -0.3 is 0 Å². The summed E-state index contributed by atoms with van der Waals surface area (Å²) in [4.78, 5) is 13.3. The van der Waals surface area contributed by atoms with Crippen LogP contribution in [0.2, 0.25) is 0 Å². The Hall–Kier alpha value is -1.72. The number of sulfone groups is 1. The minimum absolute atomic E-state index is 0.147. The molecule has 0 aliphatic heterocycles. The summed E-state index contributed by atoms with van der Waals surface area (Å²) >= 11 is 5.55. The molecule has 19 heavy (non-hydrogen) atoms. The van der Waals surface area contributed by atoms with Crippen molar-refractivity contribution in [2.75, 3.05) is 11.6 Å². The minimum atomic E-state index is -3.80. The lowest BCUT2D eigenvalue weighted by atomic mass is 10.3. The van der Waals surface area contributed by atoms with Crippen molar-refractivity contribution in [2.45, 2.75) is 11.9 Å². The van der Waals surface area contributed by atoms with Crippen LogP contribution in [0, 0.1) is 27.4 Å². The van der Waals surface area contributed by atoms with Gasteiger partial charge in [0.2, 0.25) is 0 Å². The molecule has 0 bridgehead atoms. The molecule has 1 aromatic heterocycles. The van der Waals surface area contributed by atoms with Gasteiger partial charge in [0, 0.05) is 11.9 Å². The molecular formula is C10H10ClN3O4S. The first-order valence-corrected chi connectivity index (χ1v) is 7.33. The van der Waals surface area contributed by atoms with Crippen LogP contribution in [0.1, 0.15) is 12.5 Å². The van der Waals surface area contributed by atoms with E-state index < -0.39 is 25.5 Å². The zero-order valence-electron chi connectivity index (χ0n) is 9.91. The molecule has 0 saturated carbocycles. The molecule has 0 aliphatic rings. The summed E-state index contributed by atoms with van der Waals surface area (Å²) in [6, 6.07) is 2.50. The molecule has 102 valence electrons. The molecule has 0 aromatic carbocycles. The normalized spacial score (nSPS) is 12.7. The third kappa shape index (κ3) is 3.62. The molecule has 0 fully saturated rings. The van der Waals surface area contributed by atoms with Gasteiger partial charge >= 0.3 is 0 Å². The molecule has 0 N–H and O–H groups in total. The maximum Gasteiger partial charge on any atom is 0.288 e. The molecule has 1 atom stereocenters. The smallest absolute Gasteiger partial charge is 0.258 e. The maximum absolute atomic E-state index is 12.0. The Kier molecular flexibility index (Phi) is 4.80. The Balaban J connectivity index is 3.28. The molecule has 1 heterocycles. The Morgan fingerprint density at radius 3 is 2.74 bits per heavy atom. The fourth-order valence-electron chi connectivity index (χ4n) is 1.37. The quantitative estimate of drug-likeness (QED) is 0.462. The van der Waals surface area contributed by atoms with Crippen molar-refractivity contribution in [1.82, 2.24) is 4.98 Å². The number of alkyl halides is 1. The number of nitriles is 1. The average Bonchev–Trinajstić information content (AvgIpc) is 2.37. The van der Waals surface area contributed by atoms with Crippen LogP contribution in [0.4, 0.5) is 5.69 Å². The van der Waals surface area contributed by atoms with Crippen molar-refractivity contribution < 1.29 is 13.3 Å². The van der Waals surface area contributed by atoms with Crippen LogP contribution in [-0.4, -0.2) is 30.0 Å². The number of nitrogens with zero attached hydrogens (tertiary/aromatic N) is 3. The molecule has 9 heteroatoms. The lowest BCUT2D eigenvalue weighted by molar-refractivity contribution is -0.385. The lowest BCUT2D eigenvalue weighted by Crippen LogP contribution is -2.17. The predicted octanol–water partition coefficient (Wildman–Crippen LogP) is 1.51. The highest BCUT2D eigenvalue weighted by molar-refractivity contribution is 7.91. The van der Waals surface area contributed by atoms with Crippen LogP contribution in [0.25, 0.3) is 0 Å². The molecule has 0 aliphatic carbocycles. The van der Waals surface area contributed by atoms with E-state index in [-0.39, 0.29) is 23.1 Å². The van der Waals surface area contributed by atoms with Gasteiger partial charge in [-0.15, -0.1) is 11.6 Å². The van der Waals surface area contributed by atoms with Gasteiger partial charge in [-0.1, -0.05) is 6.92 Å². The van der Waals surface area contributed by atoms with Crippen LogP contribution < -0.4 is 0 Å². The monoisotopic (exact) mass is 303 g/mol. The second-order valence-corrected chi connectivity index (χ2v) is 6.21. The zero-order chi connectivity index (χ0) is 14.6. The van der Waals surface area contributed by atoms with Gasteiger partial charge in [0.25, 0.3) is 5.69 Å². The van der Waals surface area contributed by atoms with E-state index in [1.807, 2.05) is 0 Å². The zero-order valence-corrected chi connectivity index (χ0v) is 11.5. The number of halogens is 1. The highest BCUT2D eigenvalue weighted by atomic mass is 35.5. The first-order chi connectivity index (χ1) is 8.81. The van der Waals surface area contributed by atoms with Crippen molar-refractivity contribution in [3.05, 3.63) is 27.9 Å². The van der Waals surface area contributed by atoms with E-state index in [2.05, 4.69) is 4.98 Å². The first kappa shape index (κ1) is 15.3. The number of pyridine rings is 1. The van der Waals surface area contributed by atoms with Crippen molar-refractivity contribution in [2.24, 2.45) is 5.92 Å². The van der Waals surface area contributed by atoms with Gasteiger partial charge in [-0.2, -0.15) is 5.26 Å². The number of hydrogen-bond acceptors (Lipinski definition) is 6. The second-order valence-electron chi connectivity index (χ2n) is 3.96. The van der Waals surface area contributed by atoms with Crippen molar-refractivity contribution in [3.8, 4) is 6.07 Å². The molecule has 0 radical (unpaired) electrons. The number of hydrogen-bond donors (Lipinski definition) is 0. The third-order valence-corrected chi connectivity index (χ3v) is 4.68. The van der Waals surface area contributed by atoms with E-state index in [9.17, 15) is 18.5 Å². The van der Waals surface area contributed by atoms with Crippen LogP contribution in [0.15, 0.2) is 17.3 Å². The Labute approximate surface area is 114 Å². The summed E-state index contributed by atoms with van der Waals surface area (Å²) in [5, 5.41) is 19.0. The van der Waals surface area contributed by atoms with Gasteiger partial charge in [-0.25, -0.2) is 13.4 Å². The first-order valence-electron chi connectivity index (χ1n) is 5.15. The largest absolute Gasteiger partial charge is 0.288 e. The molecule has 1 rings (SSSR count). The van der Waals surface area contributed by atoms with E-state index in [0.717, 1.165) is 12.3 Å². The fourth-order valence-corrected chi connectivity index (χ4v) is 3.28. The summed E-state index contributed by atoms with van der Waals surface area (Å²) in [5.74, 6) is -0.431. The highest BCUT2D eigenvalue weighted by Gasteiger charge is 2.25. The summed E-state index contributed by atoms with van der Waals surface area (Å²) < 4.78 is 24.0. The summed E-state index contributed by atoms with van der Waals surface area (Å²) in [5.41, 5.74) is -0.767. The molecular weight excluding hydrogens is 294 g/mol. The predicted molar refractivity (Wildman–Crippen MR) is 67.5 cm³/mol. The molecule has 0 saturated heterocycles. The van der Waals surface area contributed by atoms with Gasteiger partial charge in [0.1, 0.15) is 12.3 Å². The average molecular weight is 304 g/mol. The van der Waals surface area contributed by atoms with Crippen molar-refractivity contribution in [1.29, 1.82) is 5.26 Å². The summed E-state index contributed by atoms with van der Waals surface area (Å²) in [6.07, 6.45) is 0.819. The topological polar surface area (TPSA) is 114 Å². The standard InChI is InChI=1S/C10H10ClN3O4S/c1-7(3-11)6-19(17,18)10-8(4-12)2-9(5-13-10)14(15)16/h2,5,7H,3,6H2,1H3. The van der Waals surface area contributed by atoms with E-state index >= 15 is 0 Å². The van der Waals surface area contributed by atoms with E-state index in [1.54, 1.807) is 13.0 Å². The Morgan fingerprint density at radius 2 is 2.26 bits per heavy atom. The number of rotatable bonds is 5. The minimum Gasteiger partial charge on any atom is -0.258 e. The lowest BCUT2D eigenvalue weighted by Gasteiger charge is -2.08. The second kappa shape index (κ2) is 5.95. The van der Waals surface area contributed by atoms with Crippen LogP contribution in [-0.2, 0) is 9.84 Å². The van der Waals surface area contributed by atoms with Gasteiger partial charge in [0.15, 0.2) is 14.9 Å².